The first-order valence-electron chi connectivity index (χ1n) is 6.59. The summed E-state index contributed by atoms with van der Waals surface area (Å²) < 4.78 is 4.92. The lowest BCUT2D eigenvalue weighted by molar-refractivity contribution is -0.124. The first kappa shape index (κ1) is 17.6. The fourth-order valence-corrected chi connectivity index (χ4v) is 2.25. The summed E-state index contributed by atoms with van der Waals surface area (Å²) in [6.07, 6.45) is 0. The lowest BCUT2D eigenvalue weighted by Crippen LogP contribution is -2.28. The number of esters is 1. The summed E-state index contributed by atoms with van der Waals surface area (Å²) in [7, 11) is 0. The van der Waals surface area contributed by atoms with Gasteiger partial charge in [0.2, 0.25) is 0 Å². The minimum absolute atomic E-state index is 0.224. The first-order chi connectivity index (χ1) is 11.0. The number of halogens is 3. The number of rotatable bonds is 5. The molecule has 7 heteroatoms. The van der Waals surface area contributed by atoms with Crippen molar-refractivity contribution in [3.8, 4) is 0 Å². The van der Waals surface area contributed by atoms with E-state index in [0.29, 0.717) is 16.6 Å². The molecule has 2 rings (SSSR count). The third-order valence-corrected chi connectivity index (χ3v) is 3.84. The number of carbonyl (C=O) groups excluding carboxylic acids is 2. The van der Waals surface area contributed by atoms with Gasteiger partial charge >= 0.3 is 5.97 Å². The molecular formula is C16H12Cl3NO3. The Morgan fingerprint density at radius 2 is 1.78 bits per heavy atom. The van der Waals surface area contributed by atoms with Gasteiger partial charge in [0.1, 0.15) is 0 Å². The summed E-state index contributed by atoms with van der Waals surface area (Å²) in [5, 5.41) is 3.80. The summed E-state index contributed by atoms with van der Waals surface area (Å²) >= 11 is 17.4. The second kappa shape index (κ2) is 8.20. The Morgan fingerprint density at radius 3 is 2.48 bits per heavy atom. The molecule has 0 aromatic heterocycles. The minimum Gasteiger partial charge on any atom is -0.452 e. The van der Waals surface area contributed by atoms with Crippen LogP contribution in [0.1, 0.15) is 15.9 Å². The van der Waals surface area contributed by atoms with Gasteiger partial charge < -0.3 is 10.1 Å². The maximum Gasteiger partial charge on any atom is 0.338 e. The Labute approximate surface area is 148 Å². The molecule has 0 fully saturated rings. The van der Waals surface area contributed by atoms with Gasteiger partial charge in [-0.2, -0.15) is 0 Å². The molecule has 0 aliphatic rings. The third kappa shape index (κ3) is 5.43. The normalized spacial score (nSPS) is 10.2. The average Bonchev–Trinajstić information content (AvgIpc) is 2.53. The van der Waals surface area contributed by atoms with E-state index >= 15 is 0 Å². The van der Waals surface area contributed by atoms with E-state index in [2.05, 4.69) is 5.32 Å². The van der Waals surface area contributed by atoms with E-state index in [1.54, 1.807) is 18.2 Å². The molecule has 0 radical (unpaired) electrons. The number of carbonyl (C=O) groups is 2. The van der Waals surface area contributed by atoms with Crippen LogP contribution in [-0.4, -0.2) is 18.5 Å². The van der Waals surface area contributed by atoms with Crippen LogP contribution in [0.25, 0.3) is 0 Å². The lowest BCUT2D eigenvalue weighted by Gasteiger charge is -2.07. The second-order valence-electron chi connectivity index (χ2n) is 4.61. The largest absolute Gasteiger partial charge is 0.452 e. The predicted molar refractivity (Wildman–Crippen MR) is 90.0 cm³/mol. The van der Waals surface area contributed by atoms with Gasteiger partial charge in [-0.25, -0.2) is 4.79 Å². The van der Waals surface area contributed by atoms with E-state index in [4.69, 9.17) is 39.5 Å². The van der Waals surface area contributed by atoms with E-state index in [0.717, 1.165) is 5.56 Å². The summed E-state index contributed by atoms with van der Waals surface area (Å²) in [6, 6.07) is 11.4. The molecule has 1 amide bonds. The second-order valence-corrected chi connectivity index (χ2v) is 5.86. The maximum absolute atomic E-state index is 11.8. The number of hydrogen-bond acceptors (Lipinski definition) is 3. The molecule has 0 unspecified atom stereocenters. The molecule has 0 saturated heterocycles. The number of nitrogens with one attached hydrogen (secondary N) is 1. The molecule has 0 saturated carbocycles. The Kier molecular flexibility index (Phi) is 6.28. The van der Waals surface area contributed by atoms with Crippen molar-refractivity contribution < 1.29 is 14.3 Å². The van der Waals surface area contributed by atoms with Crippen molar-refractivity contribution in [1.29, 1.82) is 0 Å². The van der Waals surface area contributed by atoms with Crippen molar-refractivity contribution in [2.75, 3.05) is 6.61 Å². The van der Waals surface area contributed by atoms with Gasteiger partial charge in [0.25, 0.3) is 5.91 Å². The Morgan fingerprint density at radius 1 is 1.00 bits per heavy atom. The van der Waals surface area contributed by atoms with Crippen molar-refractivity contribution in [2.24, 2.45) is 0 Å². The number of benzene rings is 2. The summed E-state index contributed by atoms with van der Waals surface area (Å²) in [5.41, 5.74) is 1.07. The number of amides is 1. The van der Waals surface area contributed by atoms with E-state index in [-0.39, 0.29) is 17.2 Å². The molecule has 4 nitrogen and oxygen atoms in total. The monoisotopic (exact) mass is 371 g/mol. The highest BCUT2D eigenvalue weighted by molar-refractivity contribution is 6.42. The molecule has 0 aliphatic carbocycles. The standard InChI is InChI=1S/C16H12Cl3NO3/c17-12-3-1-2-10(6-12)8-20-15(21)9-23-16(22)11-4-5-13(18)14(19)7-11/h1-7H,8-9H2,(H,20,21). The third-order valence-electron chi connectivity index (χ3n) is 2.87. The molecule has 120 valence electrons. The average molecular weight is 373 g/mol. The molecule has 2 aromatic carbocycles. The fraction of sp³-hybridized carbons (Fsp3) is 0.125. The Bertz CT molecular complexity index is 734. The predicted octanol–water partition coefficient (Wildman–Crippen LogP) is 4.12. The van der Waals surface area contributed by atoms with Crippen LogP contribution in [0.15, 0.2) is 42.5 Å². The van der Waals surface area contributed by atoms with Gasteiger partial charge in [-0.3, -0.25) is 4.79 Å². The molecule has 0 aliphatic heterocycles. The van der Waals surface area contributed by atoms with Crippen LogP contribution in [0.4, 0.5) is 0 Å². The van der Waals surface area contributed by atoms with E-state index in [1.165, 1.54) is 18.2 Å². The number of hydrogen-bond donors (Lipinski definition) is 1. The molecule has 1 N–H and O–H groups in total. The highest BCUT2D eigenvalue weighted by atomic mass is 35.5. The van der Waals surface area contributed by atoms with E-state index < -0.39 is 11.9 Å². The Hall–Kier alpha value is -1.75. The van der Waals surface area contributed by atoms with Gasteiger partial charge in [-0.15, -0.1) is 0 Å². The zero-order valence-electron chi connectivity index (χ0n) is 11.8. The summed E-state index contributed by atoms with van der Waals surface area (Å²) in [4.78, 5) is 23.5. The van der Waals surface area contributed by atoms with Crippen molar-refractivity contribution in [3.05, 3.63) is 68.7 Å². The SMILES string of the molecule is O=C(COC(=O)c1ccc(Cl)c(Cl)c1)NCc1cccc(Cl)c1. The van der Waals surface area contributed by atoms with Gasteiger partial charge in [0.15, 0.2) is 6.61 Å². The van der Waals surface area contributed by atoms with Crippen molar-refractivity contribution in [1.82, 2.24) is 5.32 Å². The van der Waals surface area contributed by atoms with Gasteiger partial charge in [0, 0.05) is 11.6 Å². The first-order valence-corrected chi connectivity index (χ1v) is 7.72. The van der Waals surface area contributed by atoms with Crippen LogP contribution < -0.4 is 5.32 Å². The highest BCUT2D eigenvalue weighted by Crippen LogP contribution is 2.22. The maximum atomic E-state index is 11.8. The van der Waals surface area contributed by atoms with Crippen LogP contribution in [0.2, 0.25) is 15.1 Å². The van der Waals surface area contributed by atoms with Gasteiger partial charge in [0.05, 0.1) is 15.6 Å². The molecule has 0 atom stereocenters. The highest BCUT2D eigenvalue weighted by Gasteiger charge is 2.11. The van der Waals surface area contributed by atoms with Gasteiger partial charge in [-0.1, -0.05) is 46.9 Å². The Balaban J connectivity index is 1.81. The van der Waals surface area contributed by atoms with E-state index in [1.807, 2.05) is 6.07 Å². The zero-order chi connectivity index (χ0) is 16.8. The van der Waals surface area contributed by atoms with Crippen molar-refractivity contribution in [3.63, 3.8) is 0 Å². The molecule has 23 heavy (non-hydrogen) atoms. The van der Waals surface area contributed by atoms with Crippen LogP contribution >= 0.6 is 34.8 Å². The fourth-order valence-electron chi connectivity index (χ4n) is 1.74. The van der Waals surface area contributed by atoms with Crippen LogP contribution in [-0.2, 0) is 16.1 Å². The van der Waals surface area contributed by atoms with Gasteiger partial charge in [-0.05, 0) is 35.9 Å². The molecular weight excluding hydrogens is 361 g/mol. The number of ether oxygens (including phenoxy) is 1. The quantitative estimate of drug-likeness (QED) is 0.803. The molecule has 0 spiro atoms. The van der Waals surface area contributed by atoms with Crippen LogP contribution in [0.5, 0.6) is 0 Å². The summed E-state index contributed by atoms with van der Waals surface area (Å²) in [6.45, 7) is -0.0939. The summed E-state index contributed by atoms with van der Waals surface area (Å²) in [5.74, 6) is -1.07. The topological polar surface area (TPSA) is 55.4 Å². The molecule has 0 heterocycles. The van der Waals surface area contributed by atoms with Crippen LogP contribution in [0, 0.1) is 0 Å². The van der Waals surface area contributed by atoms with Crippen LogP contribution in [0.3, 0.4) is 0 Å². The van der Waals surface area contributed by atoms with Crippen molar-refractivity contribution in [2.45, 2.75) is 6.54 Å². The smallest absolute Gasteiger partial charge is 0.338 e. The van der Waals surface area contributed by atoms with E-state index in [9.17, 15) is 9.59 Å². The lowest BCUT2D eigenvalue weighted by atomic mass is 10.2. The molecule has 2 aromatic rings. The molecule has 0 bridgehead atoms. The zero-order valence-corrected chi connectivity index (χ0v) is 14.1. The minimum atomic E-state index is -0.651. The van der Waals surface area contributed by atoms with Crippen molar-refractivity contribution >= 4 is 46.7 Å².